The molecule has 0 aromatic heterocycles. The molecule has 0 saturated carbocycles. The maximum absolute atomic E-state index is 5.61. The molecule has 0 spiro atoms. The summed E-state index contributed by atoms with van der Waals surface area (Å²) in [5.74, 6) is 2.24. The molecule has 1 nitrogen and oxygen atoms in total. The van der Waals surface area contributed by atoms with Crippen molar-refractivity contribution < 1.29 is 0 Å². The highest BCUT2D eigenvalue weighted by molar-refractivity contribution is 8.77. The standard InChI is InChI=1S/C6H11NS2/c1-5(7)6(2)3-8-9-4-6/h1,3-4,7H2,2H3. The van der Waals surface area contributed by atoms with Crippen molar-refractivity contribution in [3.05, 3.63) is 12.3 Å². The Hall–Kier alpha value is 0.240. The molecule has 1 saturated heterocycles. The van der Waals surface area contributed by atoms with Gasteiger partial charge in [0.2, 0.25) is 0 Å². The van der Waals surface area contributed by atoms with Crippen LogP contribution < -0.4 is 5.73 Å². The zero-order valence-electron chi connectivity index (χ0n) is 5.52. The van der Waals surface area contributed by atoms with Gasteiger partial charge in [-0.1, -0.05) is 35.1 Å². The zero-order valence-corrected chi connectivity index (χ0v) is 7.15. The molecule has 3 heteroatoms. The SMILES string of the molecule is C=C(N)C1(C)CSSC1. The summed E-state index contributed by atoms with van der Waals surface area (Å²) in [5, 5.41) is 0. The van der Waals surface area contributed by atoms with Crippen LogP contribution in [0.1, 0.15) is 6.92 Å². The molecule has 0 aromatic rings. The Labute approximate surface area is 63.9 Å². The van der Waals surface area contributed by atoms with Gasteiger partial charge in [-0.05, 0) is 0 Å². The fourth-order valence-electron chi connectivity index (χ4n) is 0.571. The fraction of sp³-hybridized carbons (Fsp3) is 0.667. The molecular formula is C6H11NS2. The van der Waals surface area contributed by atoms with Crippen LogP contribution >= 0.6 is 21.6 Å². The molecule has 0 aromatic carbocycles. The van der Waals surface area contributed by atoms with E-state index in [1.165, 1.54) is 0 Å². The second-order valence-electron chi connectivity index (χ2n) is 2.61. The maximum Gasteiger partial charge on any atom is 0.0262 e. The molecule has 0 aliphatic carbocycles. The largest absolute Gasteiger partial charge is 0.402 e. The first kappa shape index (κ1) is 7.35. The molecule has 1 heterocycles. The first-order valence-corrected chi connectivity index (χ1v) is 5.33. The molecule has 2 N–H and O–H groups in total. The number of hydrogen-bond donors (Lipinski definition) is 1. The summed E-state index contributed by atoms with van der Waals surface area (Å²) in [7, 11) is 3.77. The minimum absolute atomic E-state index is 0.204. The third-order valence-electron chi connectivity index (χ3n) is 1.61. The Morgan fingerprint density at radius 3 is 2.22 bits per heavy atom. The molecule has 9 heavy (non-hydrogen) atoms. The van der Waals surface area contributed by atoms with Crippen LogP contribution in [0.2, 0.25) is 0 Å². The highest BCUT2D eigenvalue weighted by Crippen LogP contribution is 2.45. The Bertz CT molecular complexity index is 127. The number of nitrogens with two attached hydrogens (primary N) is 1. The van der Waals surface area contributed by atoms with Gasteiger partial charge in [0.1, 0.15) is 0 Å². The van der Waals surface area contributed by atoms with Crippen molar-refractivity contribution in [3.63, 3.8) is 0 Å². The first-order valence-electron chi connectivity index (χ1n) is 2.84. The number of rotatable bonds is 1. The molecular weight excluding hydrogens is 150 g/mol. The second-order valence-corrected chi connectivity index (χ2v) is 5.07. The van der Waals surface area contributed by atoms with Gasteiger partial charge in [0.25, 0.3) is 0 Å². The third kappa shape index (κ3) is 1.38. The minimum Gasteiger partial charge on any atom is -0.402 e. The average molecular weight is 161 g/mol. The Balaban J connectivity index is 2.61. The van der Waals surface area contributed by atoms with Gasteiger partial charge in [0.05, 0.1) is 0 Å². The maximum atomic E-state index is 5.61. The van der Waals surface area contributed by atoms with Crippen molar-refractivity contribution in [2.24, 2.45) is 11.1 Å². The van der Waals surface area contributed by atoms with Crippen LogP contribution in [0.3, 0.4) is 0 Å². The van der Waals surface area contributed by atoms with Crippen molar-refractivity contribution in [1.29, 1.82) is 0 Å². The Morgan fingerprint density at radius 2 is 2.00 bits per heavy atom. The lowest BCUT2D eigenvalue weighted by molar-refractivity contribution is 0.529. The molecule has 0 atom stereocenters. The molecule has 0 radical (unpaired) electrons. The molecule has 1 fully saturated rings. The van der Waals surface area contributed by atoms with E-state index in [4.69, 9.17) is 5.73 Å². The van der Waals surface area contributed by atoms with Gasteiger partial charge >= 0.3 is 0 Å². The van der Waals surface area contributed by atoms with Gasteiger partial charge in [-0.3, -0.25) is 0 Å². The molecule has 52 valence electrons. The van der Waals surface area contributed by atoms with Gasteiger partial charge in [-0.25, -0.2) is 0 Å². The number of allylic oxidation sites excluding steroid dienone is 1. The monoisotopic (exact) mass is 161 g/mol. The van der Waals surface area contributed by atoms with Crippen molar-refractivity contribution in [3.8, 4) is 0 Å². The van der Waals surface area contributed by atoms with Crippen LogP contribution in [0, 0.1) is 5.41 Å². The summed E-state index contributed by atoms with van der Waals surface area (Å²) in [6.45, 7) is 5.93. The second kappa shape index (κ2) is 2.46. The van der Waals surface area contributed by atoms with E-state index in [0.717, 1.165) is 17.2 Å². The topological polar surface area (TPSA) is 26.0 Å². The van der Waals surface area contributed by atoms with Crippen LogP contribution in [-0.4, -0.2) is 11.5 Å². The lowest BCUT2D eigenvalue weighted by Gasteiger charge is -2.20. The van der Waals surface area contributed by atoms with Crippen molar-refractivity contribution in [1.82, 2.24) is 0 Å². The highest BCUT2D eigenvalue weighted by Gasteiger charge is 2.31. The summed E-state index contributed by atoms with van der Waals surface area (Å²) < 4.78 is 0. The normalized spacial score (nSPS) is 24.1. The fourth-order valence-corrected chi connectivity index (χ4v) is 4.02. The van der Waals surface area contributed by atoms with Crippen molar-refractivity contribution in [2.45, 2.75) is 6.92 Å². The van der Waals surface area contributed by atoms with Crippen LogP contribution in [0.5, 0.6) is 0 Å². The van der Waals surface area contributed by atoms with Gasteiger partial charge in [0.15, 0.2) is 0 Å². The van der Waals surface area contributed by atoms with Gasteiger partial charge in [-0.15, -0.1) is 0 Å². The molecule has 0 bridgehead atoms. The number of hydrogen-bond acceptors (Lipinski definition) is 3. The van der Waals surface area contributed by atoms with Gasteiger partial charge in [-0.2, -0.15) is 0 Å². The van der Waals surface area contributed by atoms with Gasteiger partial charge < -0.3 is 5.73 Å². The molecule has 0 unspecified atom stereocenters. The third-order valence-corrected chi connectivity index (χ3v) is 4.50. The summed E-state index contributed by atoms with van der Waals surface area (Å²) in [5.41, 5.74) is 6.65. The van der Waals surface area contributed by atoms with E-state index in [0.29, 0.717) is 0 Å². The summed E-state index contributed by atoms with van der Waals surface area (Å²) in [4.78, 5) is 0. The van der Waals surface area contributed by atoms with Crippen molar-refractivity contribution in [2.75, 3.05) is 11.5 Å². The van der Waals surface area contributed by atoms with Crippen LogP contribution in [0.15, 0.2) is 12.3 Å². The van der Waals surface area contributed by atoms with E-state index in [2.05, 4.69) is 13.5 Å². The van der Waals surface area contributed by atoms with Crippen LogP contribution in [0.4, 0.5) is 0 Å². The van der Waals surface area contributed by atoms with E-state index >= 15 is 0 Å². The predicted octanol–water partition coefficient (Wildman–Crippen LogP) is 1.86. The Morgan fingerprint density at radius 1 is 1.56 bits per heavy atom. The van der Waals surface area contributed by atoms with E-state index in [1.54, 1.807) is 0 Å². The lowest BCUT2D eigenvalue weighted by atomic mass is 9.93. The molecule has 1 rings (SSSR count). The van der Waals surface area contributed by atoms with E-state index in [9.17, 15) is 0 Å². The van der Waals surface area contributed by atoms with E-state index in [-0.39, 0.29) is 5.41 Å². The molecule has 1 aliphatic rings. The van der Waals surface area contributed by atoms with Crippen LogP contribution in [-0.2, 0) is 0 Å². The molecule has 1 aliphatic heterocycles. The lowest BCUT2D eigenvalue weighted by Crippen LogP contribution is -2.25. The van der Waals surface area contributed by atoms with E-state index < -0.39 is 0 Å². The van der Waals surface area contributed by atoms with Gasteiger partial charge in [0, 0.05) is 22.6 Å². The summed E-state index contributed by atoms with van der Waals surface area (Å²) in [6.07, 6.45) is 0. The molecule has 0 amide bonds. The quantitative estimate of drug-likeness (QED) is 0.594. The smallest absolute Gasteiger partial charge is 0.0262 e. The zero-order chi connectivity index (χ0) is 6.91. The first-order chi connectivity index (χ1) is 4.15. The predicted molar refractivity (Wildman–Crippen MR) is 46.4 cm³/mol. The average Bonchev–Trinajstić information content (AvgIpc) is 2.16. The van der Waals surface area contributed by atoms with Crippen molar-refractivity contribution >= 4 is 21.6 Å². The summed E-state index contributed by atoms with van der Waals surface area (Å²) in [6, 6.07) is 0. The van der Waals surface area contributed by atoms with E-state index in [1.807, 2.05) is 21.6 Å². The highest BCUT2D eigenvalue weighted by atomic mass is 33.1. The summed E-state index contributed by atoms with van der Waals surface area (Å²) >= 11 is 0. The minimum atomic E-state index is 0.204. The Kier molecular flexibility index (Phi) is 2.01. The van der Waals surface area contributed by atoms with Crippen LogP contribution in [0.25, 0.3) is 0 Å².